The lowest BCUT2D eigenvalue weighted by Gasteiger charge is -2.21. The zero-order valence-corrected chi connectivity index (χ0v) is 10.9. The normalized spacial score (nSPS) is 19.4. The molecule has 0 amide bonds. The Bertz CT molecular complexity index is 433. The molecule has 0 spiro atoms. The van der Waals surface area contributed by atoms with Crippen LogP contribution in [0.3, 0.4) is 0 Å². The number of rotatable bonds is 4. The monoisotopic (exact) mass is 267 g/mol. The highest BCUT2D eigenvalue weighted by Crippen LogP contribution is 2.29. The molecule has 0 aliphatic carbocycles. The fourth-order valence-corrected chi connectivity index (χ4v) is 3.29. The second kappa shape index (κ2) is 5.95. The van der Waals surface area contributed by atoms with Crippen LogP contribution in [0.1, 0.15) is 19.3 Å². The summed E-state index contributed by atoms with van der Waals surface area (Å²) in [5.74, 6) is 1.19. The number of nitrogens with one attached hydrogen (secondary N) is 1. The molecular weight excluding hydrogens is 250 g/mol. The van der Waals surface area contributed by atoms with Crippen molar-refractivity contribution in [2.24, 2.45) is 0 Å². The average Bonchev–Trinajstić information content (AvgIpc) is 2.37. The van der Waals surface area contributed by atoms with Gasteiger partial charge in [-0.1, -0.05) is 6.42 Å². The minimum Gasteiger partial charge on any atom is -0.399 e. The van der Waals surface area contributed by atoms with Gasteiger partial charge in [0, 0.05) is 23.5 Å². The van der Waals surface area contributed by atoms with Crippen LogP contribution >= 0.6 is 11.8 Å². The number of nitro groups is 1. The summed E-state index contributed by atoms with van der Waals surface area (Å²) in [6, 6.07) is 4.63. The molecule has 0 bridgehead atoms. The van der Waals surface area contributed by atoms with Crippen LogP contribution in [0.15, 0.2) is 18.2 Å². The maximum absolute atomic E-state index is 10.9. The molecule has 1 aliphatic heterocycles. The predicted octanol–water partition coefficient (Wildman–Crippen LogP) is 2.87. The standard InChI is InChI=1S/C12H17N3O2S/c13-9-4-5-12(15(16)17)11(7-9)14-8-10-3-1-2-6-18-10/h4-5,7,10,14H,1-3,6,8,13H2. The van der Waals surface area contributed by atoms with E-state index in [4.69, 9.17) is 5.73 Å². The van der Waals surface area contributed by atoms with Crippen LogP contribution in [0.4, 0.5) is 17.1 Å². The van der Waals surface area contributed by atoms with Gasteiger partial charge in [0.15, 0.2) is 0 Å². The lowest BCUT2D eigenvalue weighted by atomic mass is 10.2. The van der Waals surface area contributed by atoms with Crippen molar-refractivity contribution >= 4 is 28.8 Å². The lowest BCUT2D eigenvalue weighted by molar-refractivity contribution is -0.383. The van der Waals surface area contributed by atoms with Crippen molar-refractivity contribution in [1.82, 2.24) is 0 Å². The largest absolute Gasteiger partial charge is 0.399 e. The van der Waals surface area contributed by atoms with E-state index in [9.17, 15) is 10.1 Å². The number of nitrogen functional groups attached to an aromatic ring is 1. The second-order valence-corrected chi connectivity index (χ2v) is 5.81. The molecule has 0 aromatic heterocycles. The quantitative estimate of drug-likeness (QED) is 0.498. The van der Waals surface area contributed by atoms with E-state index >= 15 is 0 Å². The van der Waals surface area contributed by atoms with Crippen LogP contribution in [-0.2, 0) is 0 Å². The number of hydrogen-bond donors (Lipinski definition) is 2. The second-order valence-electron chi connectivity index (χ2n) is 4.40. The van der Waals surface area contributed by atoms with Crippen molar-refractivity contribution in [3.05, 3.63) is 28.3 Å². The van der Waals surface area contributed by atoms with Crippen molar-refractivity contribution in [2.75, 3.05) is 23.3 Å². The molecule has 1 heterocycles. The molecule has 3 N–H and O–H groups in total. The molecule has 5 nitrogen and oxygen atoms in total. The van der Waals surface area contributed by atoms with Crippen molar-refractivity contribution < 1.29 is 4.92 Å². The van der Waals surface area contributed by atoms with Gasteiger partial charge in [0.25, 0.3) is 5.69 Å². The van der Waals surface area contributed by atoms with E-state index in [1.54, 1.807) is 12.1 Å². The molecule has 2 rings (SSSR count). The van der Waals surface area contributed by atoms with E-state index in [1.807, 2.05) is 11.8 Å². The molecule has 0 saturated carbocycles. The summed E-state index contributed by atoms with van der Waals surface area (Å²) in [6.07, 6.45) is 3.70. The number of nitro benzene ring substituents is 1. The van der Waals surface area contributed by atoms with E-state index in [2.05, 4.69) is 5.32 Å². The highest BCUT2D eigenvalue weighted by molar-refractivity contribution is 7.99. The van der Waals surface area contributed by atoms with E-state index in [0.717, 1.165) is 6.54 Å². The zero-order chi connectivity index (χ0) is 13.0. The molecule has 6 heteroatoms. The first-order chi connectivity index (χ1) is 8.66. The smallest absolute Gasteiger partial charge is 0.292 e. The van der Waals surface area contributed by atoms with Gasteiger partial charge in [-0.25, -0.2) is 0 Å². The third kappa shape index (κ3) is 3.29. The maximum atomic E-state index is 10.9. The van der Waals surface area contributed by atoms with Crippen molar-refractivity contribution in [3.63, 3.8) is 0 Å². The van der Waals surface area contributed by atoms with Gasteiger partial charge in [-0.2, -0.15) is 11.8 Å². The SMILES string of the molecule is Nc1ccc([N+](=O)[O-])c(NCC2CCCCS2)c1. The topological polar surface area (TPSA) is 81.2 Å². The Kier molecular flexibility index (Phi) is 4.30. The Morgan fingerprint density at radius 1 is 1.50 bits per heavy atom. The highest BCUT2D eigenvalue weighted by atomic mass is 32.2. The Morgan fingerprint density at radius 2 is 2.33 bits per heavy atom. The molecule has 1 aliphatic rings. The Hall–Kier alpha value is -1.43. The number of thioether (sulfide) groups is 1. The molecule has 1 aromatic carbocycles. The number of anilines is 2. The van der Waals surface area contributed by atoms with Gasteiger partial charge in [-0.3, -0.25) is 10.1 Å². The van der Waals surface area contributed by atoms with Crippen LogP contribution < -0.4 is 11.1 Å². The average molecular weight is 267 g/mol. The summed E-state index contributed by atoms with van der Waals surface area (Å²) in [5, 5.41) is 14.6. The maximum Gasteiger partial charge on any atom is 0.292 e. The van der Waals surface area contributed by atoms with E-state index < -0.39 is 0 Å². The minimum absolute atomic E-state index is 0.0880. The molecule has 1 atom stereocenters. The van der Waals surface area contributed by atoms with Gasteiger partial charge in [0.1, 0.15) is 5.69 Å². The van der Waals surface area contributed by atoms with Crippen molar-refractivity contribution in [3.8, 4) is 0 Å². The number of nitrogens with two attached hydrogens (primary N) is 1. The summed E-state index contributed by atoms with van der Waals surface area (Å²) in [4.78, 5) is 10.5. The molecule has 1 unspecified atom stereocenters. The van der Waals surface area contributed by atoms with Gasteiger partial charge in [-0.15, -0.1) is 0 Å². The van der Waals surface area contributed by atoms with Crippen LogP contribution in [0.2, 0.25) is 0 Å². The highest BCUT2D eigenvalue weighted by Gasteiger charge is 2.17. The summed E-state index contributed by atoms with van der Waals surface area (Å²) < 4.78 is 0. The van der Waals surface area contributed by atoms with Gasteiger partial charge < -0.3 is 11.1 Å². The van der Waals surface area contributed by atoms with Gasteiger partial charge in [0.2, 0.25) is 0 Å². The first-order valence-corrected chi connectivity index (χ1v) is 7.11. The molecule has 18 heavy (non-hydrogen) atoms. The summed E-state index contributed by atoms with van der Waals surface area (Å²) in [6.45, 7) is 0.759. The number of nitrogens with zero attached hydrogens (tertiary/aromatic N) is 1. The first-order valence-electron chi connectivity index (χ1n) is 6.06. The Labute approximate surface area is 110 Å². The van der Waals surface area contributed by atoms with Gasteiger partial charge >= 0.3 is 0 Å². The van der Waals surface area contributed by atoms with Gasteiger partial charge in [-0.05, 0) is 30.7 Å². The van der Waals surface area contributed by atoms with E-state index in [-0.39, 0.29) is 10.6 Å². The zero-order valence-electron chi connectivity index (χ0n) is 10.1. The Balaban J connectivity index is 2.03. The molecule has 0 radical (unpaired) electrons. The van der Waals surface area contributed by atoms with Crippen molar-refractivity contribution in [2.45, 2.75) is 24.5 Å². The van der Waals surface area contributed by atoms with Crippen LogP contribution in [0.5, 0.6) is 0 Å². The number of hydrogen-bond acceptors (Lipinski definition) is 5. The lowest BCUT2D eigenvalue weighted by Crippen LogP contribution is -2.20. The molecule has 98 valence electrons. The Morgan fingerprint density at radius 3 is 3.00 bits per heavy atom. The summed E-state index contributed by atoms with van der Waals surface area (Å²) >= 11 is 1.94. The molecule has 1 saturated heterocycles. The third-order valence-electron chi connectivity index (χ3n) is 3.01. The predicted molar refractivity (Wildman–Crippen MR) is 76.1 cm³/mol. The molecule has 1 aromatic rings. The summed E-state index contributed by atoms with van der Waals surface area (Å²) in [5.41, 5.74) is 6.82. The third-order valence-corrected chi connectivity index (χ3v) is 4.41. The minimum atomic E-state index is -0.379. The summed E-state index contributed by atoms with van der Waals surface area (Å²) in [7, 11) is 0. The van der Waals surface area contributed by atoms with Crippen LogP contribution in [0.25, 0.3) is 0 Å². The fourth-order valence-electron chi connectivity index (χ4n) is 2.05. The van der Waals surface area contributed by atoms with Crippen molar-refractivity contribution in [1.29, 1.82) is 0 Å². The van der Waals surface area contributed by atoms with E-state index in [1.165, 1.54) is 31.1 Å². The molecular formula is C12H17N3O2S. The fraction of sp³-hybridized carbons (Fsp3) is 0.500. The number of benzene rings is 1. The van der Waals surface area contributed by atoms with E-state index in [0.29, 0.717) is 16.6 Å². The van der Waals surface area contributed by atoms with Crippen LogP contribution in [0, 0.1) is 10.1 Å². The first kappa shape index (κ1) is 13.0. The van der Waals surface area contributed by atoms with Gasteiger partial charge in [0.05, 0.1) is 4.92 Å². The molecule has 1 fully saturated rings. The van der Waals surface area contributed by atoms with Crippen LogP contribution in [-0.4, -0.2) is 22.5 Å².